The number of aromatic nitrogens is 1. The van der Waals surface area contributed by atoms with Crippen LogP contribution >= 0.6 is 0 Å². The van der Waals surface area contributed by atoms with Gasteiger partial charge in [-0.1, -0.05) is 0 Å². The fraction of sp³-hybridized carbons (Fsp3) is 0.308. The number of nitro benzene ring substituents is 1. The number of nitro groups is 1. The van der Waals surface area contributed by atoms with Crippen LogP contribution in [0.15, 0.2) is 30.5 Å². The van der Waals surface area contributed by atoms with E-state index in [2.05, 4.69) is 10.3 Å². The molecule has 0 aliphatic rings. The van der Waals surface area contributed by atoms with Crippen molar-refractivity contribution in [3.05, 3.63) is 40.6 Å². The number of pyridine rings is 1. The minimum absolute atomic E-state index is 0.0118. The molecule has 1 aromatic heterocycles. The van der Waals surface area contributed by atoms with E-state index in [1.54, 1.807) is 30.5 Å². The smallest absolute Gasteiger partial charge is 0.301 e. The van der Waals surface area contributed by atoms with E-state index < -0.39 is 4.92 Å². The quantitative estimate of drug-likeness (QED) is 0.453. The highest BCUT2D eigenvalue weighted by atomic mass is 16.6. The van der Waals surface area contributed by atoms with E-state index in [1.807, 2.05) is 0 Å². The molecule has 0 saturated heterocycles. The van der Waals surface area contributed by atoms with Gasteiger partial charge in [-0.3, -0.25) is 15.1 Å². The van der Waals surface area contributed by atoms with Gasteiger partial charge in [0.25, 0.3) is 0 Å². The van der Waals surface area contributed by atoms with E-state index in [4.69, 9.17) is 9.84 Å². The summed E-state index contributed by atoms with van der Waals surface area (Å²) in [5, 5.41) is 23.3. The third-order valence-corrected chi connectivity index (χ3v) is 2.74. The van der Waals surface area contributed by atoms with Crippen LogP contribution in [0.25, 0.3) is 10.9 Å². The zero-order chi connectivity index (χ0) is 14.4. The van der Waals surface area contributed by atoms with Gasteiger partial charge in [0.05, 0.1) is 35.6 Å². The summed E-state index contributed by atoms with van der Waals surface area (Å²) in [6.45, 7) is 1.00. The van der Waals surface area contributed by atoms with E-state index in [0.29, 0.717) is 29.7 Å². The molecule has 2 N–H and O–H groups in total. The largest absolute Gasteiger partial charge is 0.394 e. The summed E-state index contributed by atoms with van der Waals surface area (Å²) in [6.07, 6.45) is 1.60. The predicted molar refractivity (Wildman–Crippen MR) is 74.8 cm³/mol. The Balaban J connectivity index is 2.20. The van der Waals surface area contributed by atoms with Gasteiger partial charge in [0.15, 0.2) is 0 Å². The highest BCUT2D eigenvalue weighted by molar-refractivity contribution is 5.94. The van der Waals surface area contributed by atoms with E-state index in [1.165, 1.54) is 0 Å². The molecule has 0 unspecified atom stereocenters. The van der Waals surface area contributed by atoms with E-state index in [-0.39, 0.29) is 18.9 Å². The summed E-state index contributed by atoms with van der Waals surface area (Å²) < 4.78 is 5.10. The maximum Gasteiger partial charge on any atom is 0.301 e. The Labute approximate surface area is 115 Å². The van der Waals surface area contributed by atoms with Gasteiger partial charge >= 0.3 is 5.69 Å². The van der Waals surface area contributed by atoms with Crippen LogP contribution < -0.4 is 5.32 Å². The topological polar surface area (TPSA) is 97.5 Å². The van der Waals surface area contributed by atoms with Gasteiger partial charge in [-0.2, -0.15) is 0 Å². The molecule has 0 aliphatic heterocycles. The summed E-state index contributed by atoms with van der Waals surface area (Å²) in [5.74, 6) is 0. The molecule has 20 heavy (non-hydrogen) atoms. The molecule has 1 heterocycles. The maximum atomic E-state index is 11.2. The van der Waals surface area contributed by atoms with Crippen molar-refractivity contribution in [3.63, 3.8) is 0 Å². The van der Waals surface area contributed by atoms with Gasteiger partial charge in [-0.15, -0.1) is 0 Å². The molecule has 2 rings (SSSR count). The second-order valence-electron chi connectivity index (χ2n) is 4.05. The SMILES string of the molecule is O=[N+]([O-])c1c(NCCOCCO)ccc2ncccc12. The molecule has 2 aromatic rings. The van der Waals surface area contributed by atoms with Crippen LogP contribution in [0.4, 0.5) is 11.4 Å². The number of ether oxygens (including phenoxy) is 1. The van der Waals surface area contributed by atoms with Crippen LogP contribution in [-0.4, -0.2) is 41.4 Å². The van der Waals surface area contributed by atoms with Gasteiger partial charge in [0.2, 0.25) is 0 Å². The Morgan fingerprint density at radius 1 is 1.35 bits per heavy atom. The Morgan fingerprint density at radius 2 is 2.20 bits per heavy atom. The number of nitrogens with one attached hydrogen (secondary N) is 1. The number of rotatable bonds is 7. The predicted octanol–water partition coefficient (Wildman–Crippen LogP) is 1.56. The highest BCUT2D eigenvalue weighted by Gasteiger charge is 2.18. The summed E-state index contributed by atoms with van der Waals surface area (Å²) in [5.41, 5.74) is 1.03. The van der Waals surface area contributed by atoms with Gasteiger partial charge in [-0.25, -0.2) is 0 Å². The first-order valence-corrected chi connectivity index (χ1v) is 6.18. The zero-order valence-electron chi connectivity index (χ0n) is 10.8. The van der Waals surface area contributed by atoms with Crippen LogP contribution in [0.2, 0.25) is 0 Å². The zero-order valence-corrected chi connectivity index (χ0v) is 10.8. The molecule has 1 aromatic carbocycles. The highest BCUT2D eigenvalue weighted by Crippen LogP contribution is 2.32. The third kappa shape index (κ3) is 3.19. The number of benzene rings is 1. The van der Waals surface area contributed by atoms with E-state index >= 15 is 0 Å². The first-order chi connectivity index (χ1) is 9.74. The number of anilines is 1. The van der Waals surface area contributed by atoms with E-state index in [0.717, 1.165) is 0 Å². The van der Waals surface area contributed by atoms with Crippen molar-refractivity contribution in [2.75, 3.05) is 31.7 Å². The summed E-state index contributed by atoms with van der Waals surface area (Å²) in [4.78, 5) is 14.9. The molecule has 0 saturated carbocycles. The molecule has 0 spiro atoms. The first kappa shape index (κ1) is 14.2. The van der Waals surface area contributed by atoms with Crippen molar-refractivity contribution in [3.8, 4) is 0 Å². The minimum atomic E-state index is -0.416. The summed E-state index contributed by atoms with van der Waals surface area (Å²) in [6, 6.07) is 6.72. The Kier molecular flexibility index (Phi) is 4.80. The fourth-order valence-corrected chi connectivity index (χ4v) is 1.90. The normalized spacial score (nSPS) is 10.7. The van der Waals surface area contributed by atoms with Gasteiger partial charge < -0.3 is 15.2 Å². The molecule has 0 amide bonds. The molecule has 0 fully saturated rings. The molecule has 7 nitrogen and oxygen atoms in total. The Morgan fingerprint density at radius 3 is 2.95 bits per heavy atom. The number of aliphatic hydroxyl groups excluding tert-OH is 1. The summed E-state index contributed by atoms with van der Waals surface area (Å²) >= 11 is 0. The Bertz CT molecular complexity index is 603. The molecule has 7 heteroatoms. The van der Waals surface area contributed by atoms with Gasteiger partial charge in [-0.05, 0) is 24.3 Å². The average molecular weight is 277 g/mol. The molecule has 106 valence electrons. The molecule has 0 radical (unpaired) electrons. The van der Waals surface area contributed by atoms with Crippen molar-refractivity contribution in [1.82, 2.24) is 4.98 Å². The molecule has 0 aliphatic carbocycles. The minimum Gasteiger partial charge on any atom is -0.394 e. The number of hydrogen-bond donors (Lipinski definition) is 2. The standard InChI is InChI=1S/C13H15N3O4/c17-7-9-20-8-6-15-12-4-3-11-10(2-1-5-14-11)13(12)16(18)19/h1-5,15,17H,6-9H2. The monoisotopic (exact) mass is 277 g/mol. The Hall–Kier alpha value is -2.25. The van der Waals surface area contributed by atoms with Crippen molar-refractivity contribution in [2.24, 2.45) is 0 Å². The molecule has 0 atom stereocenters. The maximum absolute atomic E-state index is 11.2. The lowest BCUT2D eigenvalue weighted by Crippen LogP contribution is -2.12. The van der Waals surface area contributed by atoms with Crippen LogP contribution in [0, 0.1) is 10.1 Å². The van der Waals surface area contributed by atoms with Crippen LogP contribution in [0.5, 0.6) is 0 Å². The van der Waals surface area contributed by atoms with Crippen LogP contribution in [-0.2, 0) is 4.74 Å². The lowest BCUT2D eigenvalue weighted by Gasteiger charge is -2.09. The molecular weight excluding hydrogens is 262 g/mol. The van der Waals surface area contributed by atoms with E-state index in [9.17, 15) is 10.1 Å². The lowest BCUT2D eigenvalue weighted by molar-refractivity contribution is -0.382. The van der Waals surface area contributed by atoms with Gasteiger partial charge in [0, 0.05) is 12.7 Å². The number of nitrogens with zero attached hydrogens (tertiary/aromatic N) is 2. The van der Waals surface area contributed by atoms with Crippen molar-refractivity contribution in [1.29, 1.82) is 0 Å². The second-order valence-corrected chi connectivity index (χ2v) is 4.05. The fourth-order valence-electron chi connectivity index (χ4n) is 1.90. The number of fused-ring (bicyclic) bond motifs is 1. The molecule has 0 bridgehead atoms. The van der Waals surface area contributed by atoms with Gasteiger partial charge in [0.1, 0.15) is 5.69 Å². The van der Waals surface area contributed by atoms with Crippen LogP contribution in [0.3, 0.4) is 0 Å². The number of aliphatic hydroxyl groups is 1. The number of hydrogen-bond acceptors (Lipinski definition) is 6. The van der Waals surface area contributed by atoms with Crippen molar-refractivity contribution < 1.29 is 14.8 Å². The summed E-state index contributed by atoms with van der Waals surface area (Å²) in [7, 11) is 0. The lowest BCUT2D eigenvalue weighted by atomic mass is 10.1. The second kappa shape index (κ2) is 6.78. The average Bonchev–Trinajstić information content (AvgIpc) is 2.46. The molecular formula is C13H15N3O4. The van der Waals surface area contributed by atoms with Crippen LogP contribution in [0.1, 0.15) is 0 Å². The van der Waals surface area contributed by atoms with Crippen molar-refractivity contribution >= 4 is 22.3 Å². The first-order valence-electron chi connectivity index (χ1n) is 6.18. The van der Waals surface area contributed by atoms with Crippen molar-refractivity contribution in [2.45, 2.75) is 0 Å². The third-order valence-electron chi connectivity index (χ3n) is 2.74.